The lowest BCUT2D eigenvalue weighted by molar-refractivity contribution is -0.119. The number of halogens is 1. The Morgan fingerprint density at radius 1 is 1.12 bits per heavy atom. The predicted octanol–water partition coefficient (Wildman–Crippen LogP) is 4.24. The van der Waals surface area contributed by atoms with Gasteiger partial charge in [0.1, 0.15) is 5.52 Å². The summed E-state index contributed by atoms with van der Waals surface area (Å²) < 4.78 is 3.13. The van der Waals surface area contributed by atoms with Crippen molar-refractivity contribution < 1.29 is 9.90 Å². The number of amides is 1. The molecule has 1 saturated heterocycles. The molecule has 2 N–H and O–H groups in total. The smallest absolute Gasteiger partial charge is 0.281 e. The van der Waals surface area contributed by atoms with Gasteiger partial charge >= 0.3 is 0 Å². The molecule has 12 heteroatoms. The summed E-state index contributed by atoms with van der Waals surface area (Å²) in [4.78, 5) is 36.8. The Kier molecular flexibility index (Phi) is 8.15. The first-order valence-corrected chi connectivity index (χ1v) is 15.3. The van der Waals surface area contributed by atoms with Gasteiger partial charge in [-0.3, -0.25) is 28.7 Å². The zero-order valence-corrected chi connectivity index (χ0v) is 25.5. The highest BCUT2D eigenvalue weighted by Crippen LogP contribution is 2.31. The zero-order valence-electron chi connectivity index (χ0n) is 24.0. The average Bonchev–Trinajstić information content (AvgIpc) is 3.65. The Morgan fingerprint density at radius 2 is 1.86 bits per heavy atom. The van der Waals surface area contributed by atoms with Crippen molar-refractivity contribution in [3.8, 4) is 21.7 Å². The fraction of sp³-hybridized carbons (Fsp3) is 0.323. The fourth-order valence-electron chi connectivity index (χ4n) is 5.57. The monoisotopic (exact) mass is 617 g/mol. The lowest BCUT2D eigenvalue weighted by Crippen LogP contribution is -2.47. The van der Waals surface area contributed by atoms with E-state index in [4.69, 9.17) is 11.6 Å². The van der Waals surface area contributed by atoms with E-state index in [1.165, 1.54) is 17.8 Å². The second-order valence-electron chi connectivity index (χ2n) is 11.1. The second-order valence-corrected chi connectivity index (χ2v) is 12.4. The zero-order chi connectivity index (χ0) is 30.1. The number of hydrogen-bond donors (Lipinski definition) is 2. The number of benzene rings is 2. The van der Waals surface area contributed by atoms with E-state index >= 15 is 0 Å². The number of rotatable bonds is 8. The molecule has 1 fully saturated rings. The van der Waals surface area contributed by atoms with Crippen molar-refractivity contribution in [2.45, 2.75) is 45.0 Å². The summed E-state index contributed by atoms with van der Waals surface area (Å²) in [7, 11) is 1.79. The summed E-state index contributed by atoms with van der Waals surface area (Å²) in [5.74, 6) is -0.0866. The molecule has 1 amide bonds. The molecule has 0 aliphatic carbocycles. The summed E-state index contributed by atoms with van der Waals surface area (Å²) in [6, 6.07) is 13.8. The summed E-state index contributed by atoms with van der Waals surface area (Å²) in [6.45, 7) is 4.13. The minimum Gasteiger partial charge on any atom is -0.388 e. The van der Waals surface area contributed by atoms with E-state index in [1.54, 1.807) is 28.6 Å². The van der Waals surface area contributed by atoms with Crippen LogP contribution in [0, 0.1) is 0 Å². The molecule has 3 aromatic heterocycles. The largest absolute Gasteiger partial charge is 0.388 e. The molecule has 0 unspecified atom stereocenters. The van der Waals surface area contributed by atoms with Crippen LogP contribution in [-0.2, 0) is 31.5 Å². The molecule has 1 aliphatic rings. The number of likely N-dealkylation sites (tertiary alicyclic amines) is 1. The number of hydrogen-bond acceptors (Lipinski definition) is 8. The van der Waals surface area contributed by atoms with Gasteiger partial charge in [0.05, 0.1) is 34.6 Å². The Morgan fingerprint density at radius 3 is 2.53 bits per heavy atom. The molecular weight excluding hydrogens is 586 g/mol. The van der Waals surface area contributed by atoms with Gasteiger partial charge in [0.15, 0.2) is 5.52 Å². The quantitative estimate of drug-likeness (QED) is 0.267. The normalized spacial score (nSPS) is 15.2. The standard InChI is InChI=1S/C31H32ClN7O3S/c1-20(40)34-14-21-3-5-22(6-4-21)29-27-28(36-37(29)2)30(41)39(18-35-27)17-31(42)9-11-38(12-10-31)16-24-8-7-23(13-25(24)32)26-15-33-19-43-26/h3-8,13,15,18-19,42H,9-12,14,16-17H2,1-2H3,(H,34,40). The molecule has 6 rings (SSSR count). The first-order chi connectivity index (χ1) is 20.7. The maximum Gasteiger partial charge on any atom is 0.281 e. The number of aromatic nitrogens is 5. The number of aliphatic hydroxyl groups is 1. The van der Waals surface area contributed by atoms with Gasteiger partial charge in [-0.1, -0.05) is 48.0 Å². The van der Waals surface area contributed by atoms with Gasteiger partial charge in [0, 0.05) is 56.9 Å². The summed E-state index contributed by atoms with van der Waals surface area (Å²) in [6.07, 6.45) is 4.39. The van der Waals surface area contributed by atoms with Crippen LogP contribution in [0.3, 0.4) is 0 Å². The highest BCUT2D eigenvalue weighted by Gasteiger charge is 2.33. The van der Waals surface area contributed by atoms with E-state index in [0.717, 1.165) is 32.8 Å². The number of carbonyl (C=O) groups is 1. The van der Waals surface area contributed by atoms with Crippen molar-refractivity contribution in [1.82, 2.24) is 34.5 Å². The van der Waals surface area contributed by atoms with Gasteiger partial charge in [0.25, 0.3) is 5.56 Å². The maximum absolute atomic E-state index is 13.5. The second kappa shape index (κ2) is 12.0. The number of carbonyl (C=O) groups excluding carboxylic acids is 1. The number of fused-ring (bicyclic) bond motifs is 1. The van der Waals surface area contributed by atoms with Gasteiger partial charge in [-0.15, -0.1) is 11.3 Å². The fourth-order valence-corrected chi connectivity index (χ4v) is 6.43. The summed E-state index contributed by atoms with van der Waals surface area (Å²) in [5.41, 5.74) is 5.93. The molecule has 2 aromatic carbocycles. The Bertz CT molecular complexity index is 1820. The van der Waals surface area contributed by atoms with E-state index in [0.29, 0.717) is 49.6 Å². The van der Waals surface area contributed by atoms with Gasteiger partial charge in [-0.25, -0.2) is 4.98 Å². The first kappa shape index (κ1) is 29.2. The van der Waals surface area contributed by atoms with Crippen LogP contribution in [0.15, 0.2) is 65.3 Å². The van der Waals surface area contributed by atoms with Crippen LogP contribution < -0.4 is 10.9 Å². The predicted molar refractivity (Wildman–Crippen MR) is 168 cm³/mol. The van der Waals surface area contributed by atoms with Gasteiger partial charge in [0.2, 0.25) is 5.91 Å². The third-order valence-corrected chi connectivity index (χ3v) is 9.17. The highest BCUT2D eigenvalue weighted by atomic mass is 35.5. The Hall–Kier alpha value is -3.90. The lowest BCUT2D eigenvalue weighted by atomic mass is 9.91. The minimum atomic E-state index is -1.03. The van der Waals surface area contributed by atoms with Crippen LogP contribution in [0.25, 0.3) is 32.7 Å². The molecule has 0 atom stereocenters. The van der Waals surface area contributed by atoms with Gasteiger partial charge in [-0.2, -0.15) is 5.10 Å². The minimum absolute atomic E-state index is 0.0866. The van der Waals surface area contributed by atoms with E-state index < -0.39 is 5.60 Å². The molecule has 1 aliphatic heterocycles. The molecule has 0 radical (unpaired) electrons. The third kappa shape index (κ3) is 6.25. The van der Waals surface area contributed by atoms with Crippen molar-refractivity contribution in [3.05, 3.63) is 87.0 Å². The molecule has 5 aromatic rings. The SMILES string of the molecule is CC(=O)NCc1ccc(-c2c3ncn(CC4(O)CCN(Cc5ccc(-c6cncs6)cc5Cl)CC4)c(=O)c3nn2C)cc1. The molecule has 0 spiro atoms. The third-order valence-electron chi connectivity index (χ3n) is 8.00. The van der Waals surface area contributed by atoms with Crippen molar-refractivity contribution in [1.29, 1.82) is 0 Å². The number of nitrogens with zero attached hydrogens (tertiary/aromatic N) is 6. The van der Waals surface area contributed by atoms with E-state index in [1.807, 2.05) is 36.5 Å². The number of nitrogens with one attached hydrogen (secondary N) is 1. The van der Waals surface area contributed by atoms with E-state index in [-0.39, 0.29) is 23.5 Å². The molecule has 0 bridgehead atoms. The van der Waals surface area contributed by atoms with Crippen LogP contribution in [0.5, 0.6) is 0 Å². The number of thiazole rings is 1. The van der Waals surface area contributed by atoms with Crippen molar-refractivity contribution in [2.24, 2.45) is 7.05 Å². The van der Waals surface area contributed by atoms with E-state index in [9.17, 15) is 14.7 Å². The molecule has 10 nitrogen and oxygen atoms in total. The Labute approximate surface area is 257 Å². The summed E-state index contributed by atoms with van der Waals surface area (Å²) >= 11 is 8.20. The number of aryl methyl sites for hydroxylation is 1. The van der Waals surface area contributed by atoms with Crippen LogP contribution in [0.1, 0.15) is 30.9 Å². The summed E-state index contributed by atoms with van der Waals surface area (Å²) in [5, 5.41) is 19.4. The van der Waals surface area contributed by atoms with Crippen molar-refractivity contribution >= 4 is 39.9 Å². The molecular formula is C31H32ClN7O3S. The molecule has 0 saturated carbocycles. The highest BCUT2D eigenvalue weighted by molar-refractivity contribution is 7.13. The molecule has 43 heavy (non-hydrogen) atoms. The molecule has 4 heterocycles. The topological polar surface area (TPSA) is 118 Å². The number of piperidine rings is 1. The van der Waals surface area contributed by atoms with E-state index in [2.05, 4.69) is 37.4 Å². The van der Waals surface area contributed by atoms with Crippen LogP contribution in [0.4, 0.5) is 0 Å². The first-order valence-electron chi connectivity index (χ1n) is 14.1. The van der Waals surface area contributed by atoms with Crippen LogP contribution in [-0.4, -0.2) is 58.9 Å². The van der Waals surface area contributed by atoms with Crippen LogP contribution in [0.2, 0.25) is 5.02 Å². The van der Waals surface area contributed by atoms with Crippen molar-refractivity contribution in [3.63, 3.8) is 0 Å². The van der Waals surface area contributed by atoms with Gasteiger partial charge in [-0.05, 0) is 35.6 Å². The Balaban J connectivity index is 1.13. The molecule has 222 valence electrons. The lowest BCUT2D eigenvalue weighted by Gasteiger charge is -2.38. The van der Waals surface area contributed by atoms with Gasteiger partial charge < -0.3 is 10.4 Å². The maximum atomic E-state index is 13.5. The van der Waals surface area contributed by atoms with Crippen molar-refractivity contribution in [2.75, 3.05) is 13.1 Å². The average molecular weight is 618 g/mol. The van der Waals surface area contributed by atoms with Crippen LogP contribution >= 0.6 is 22.9 Å².